The van der Waals surface area contributed by atoms with Gasteiger partial charge in [0.25, 0.3) is 5.89 Å². The quantitative estimate of drug-likeness (QED) is 0.860. The van der Waals surface area contributed by atoms with E-state index in [0.717, 1.165) is 0 Å². The van der Waals surface area contributed by atoms with Gasteiger partial charge in [0.05, 0.1) is 5.56 Å². The molecule has 1 heterocycles. The number of benzene rings is 1. The molecule has 1 atom stereocenters. The molecule has 0 bridgehead atoms. The first-order valence-corrected chi connectivity index (χ1v) is 5.01. The third kappa shape index (κ3) is 1.94. The lowest BCUT2D eigenvalue weighted by Gasteiger charge is -1.99. The Labute approximate surface area is 92.3 Å². The summed E-state index contributed by atoms with van der Waals surface area (Å²) in [4.78, 5) is 4.11. The molecule has 5 heteroatoms. The van der Waals surface area contributed by atoms with Gasteiger partial charge in [0, 0.05) is 12.5 Å². The normalized spacial score (nSPS) is 12.7. The lowest BCUT2D eigenvalue weighted by molar-refractivity contribution is 0.416. The Balaban J connectivity index is 2.35. The molecule has 2 aromatic rings. The molecule has 1 unspecified atom stereocenters. The van der Waals surface area contributed by atoms with E-state index in [-0.39, 0.29) is 17.6 Å². The Morgan fingerprint density at radius 1 is 1.44 bits per heavy atom. The minimum absolute atomic E-state index is 0.00396. The van der Waals surface area contributed by atoms with Gasteiger partial charge in [0.2, 0.25) is 0 Å². The van der Waals surface area contributed by atoms with Crippen molar-refractivity contribution >= 4 is 0 Å². The van der Waals surface area contributed by atoms with Gasteiger partial charge in [0.1, 0.15) is 5.82 Å². The molecule has 2 N–H and O–H groups in total. The van der Waals surface area contributed by atoms with Gasteiger partial charge in [-0.2, -0.15) is 4.98 Å². The van der Waals surface area contributed by atoms with Gasteiger partial charge in [-0.25, -0.2) is 4.39 Å². The molecule has 1 aromatic carbocycles. The van der Waals surface area contributed by atoms with E-state index >= 15 is 0 Å². The lowest BCUT2D eigenvalue weighted by atomic mass is 10.2. The third-order valence-corrected chi connectivity index (χ3v) is 2.34. The highest BCUT2D eigenvalue weighted by atomic mass is 19.1. The van der Waals surface area contributed by atoms with Crippen molar-refractivity contribution in [1.82, 2.24) is 10.1 Å². The van der Waals surface area contributed by atoms with Crippen LogP contribution >= 0.6 is 0 Å². The van der Waals surface area contributed by atoms with Crippen LogP contribution in [-0.2, 0) is 0 Å². The minimum atomic E-state index is -0.377. The molecule has 0 saturated carbocycles. The van der Waals surface area contributed by atoms with E-state index < -0.39 is 0 Å². The minimum Gasteiger partial charge on any atom is -0.334 e. The summed E-state index contributed by atoms with van der Waals surface area (Å²) in [5.74, 6) is 0.316. The van der Waals surface area contributed by atoms with Crippen molar-refractivity contribution in [2.75, 3.05) is 6.54 Å². The summed E-state index contributed by atoms with van der Waals surface area (Å²) in [6, 6.07) is 6.28. The highest BCUT2D eigenvalue weighted by Crippen LogP contribution is 2.22. The van der Waals surface area contributed by atoms with Gasteiger partial charge in [-0.3, -0.25) is 0 Å². The fourth-order valence-corrected chi connectivity index (χ4v) is 1.28. The van der Waals surface area contributed by atoms with Gasteiger partial charge in [-0.15, -0.1) is 0 Å². The molecule has 0 aliphatic heterocycles. The highest BCUT2D eigenvalue weighted by Gasteiger charge is 2.15. The van der Waals surface area contributed by atoms with Gasteiger partial charge in [-0.1, -0.05) is 24.2 Å². The van der Waals surface area contributed by atoms with Crippen LogP contribution in [0.25, 0.3) is 11.5 Å². The molecular formula is C11H12FN3O. The molecule has 0 aliphatic rings. The first kappa shape index (κ1) is 10.8. The van der Waals surface area contributed by atoms with Crippen LogP contribution in [0.2, 0.25) is 0 Å². The zero-order valence-electron chi connectivity index (χ0n) is 8.85. The molecular weight excluding hydrogens is 209 g/mol. The summed E-state index contributed by atoms with van der Waals surface area (Å²) >= 11 is 0. The van der Waals surface area contributed by atoms with Crippen LogP contribution in [0.1, 0.15) is 18.7 Å². The number of nitrogens with two attached hydrogens (primary N) is 1. The standard InChI is InChI=1S/C11H12FN3O/c1-7(6-13)10-14-11(16-15-10)8-4-2-3-5-9(8)12/h2-5,7H,6,13H2,1H3. The summed E-state index contributed by atoms with van der Waals surface area (Å²) in [7, 11) is 0. The first-order valence-electron chi connectivity index (χ1n) is 5.01. The topological polar surface area (TPSA) is 64.9 Å². The number of nitrogens with zero attached hydrogens (tertiary/aromatic N) is 2. The molecule has 2 rings (SSSR count). The second-order valence-corrected chi connectivity index (χ2v) is 3.57. The van der Waals surface area contributed by atoms with Crippen LogP contribution in [0.3, 0.4) is 0 Å². The smallest absolute Gasteiger partial charge is 0.260 e. The van der Waals surface area contributed by atoms with E-state index in [2.05, 4.69) is 10.1 Å². The molecule has 0 saturated heterocycles. The Morgan fingerprint density at radius 3 is 2.88 bits per heavy atom. The van der Waals surface area contributed by atoms with E-state index in [1.54, 1.807) is 18.2 Å². The summed E-state index contributed by atoms with van der Waals surface area (Å²) in [6.07, 6.45) is 0. The number of hydrogen-bond acceptors (Lipinski definition) is 4. The van der Waals surface area contributed by atoms with Gasteiger partial charge >= 0.3 is 0 Å². The van der Waals surface area contributed by atoms with Crippen LogP contribution in [0.5, 0.6) is 0 Å². The molecule has 0 spiro atoms. The molecule has 4 nitrogen and oxygen atoms in total. The van der Waals surface area contributed by atoms with Crippen molar-refractivity contribution in [2.45, 2.75) is 12.8 Å². The molecule has 84 valence electrons. The molecule has 0 aliphatic carbocycles. The first-order chi connectivity index (χ1) is 7.72. The van der Waals surface area contributed by atoms with Crippen molar-refractivity contribution in [2.24, 2.45) is 5.73 Å². The van der Waals surface area contributed by atoms with Crippen molar-refractivity contribution in [3.05, 3.63) is 35.9 Å². The van der Waals surface area contributed by atoms with Crippen LogP contribution in [0.15, 0.2) is 28.8 Å². The molecule has 0 amide bonds. The largest absolute Gasteiger partial charge is 0.334 e. The average molecular weight is 221 g/mol. The molecule has 0 fully saturated rings. The second kappa shape index (κ2) is 4.40. The maximum Gasteiger partial charge on any atom is 0.260 e. The fourth-order valence-electron chi connectivity index (χ4n) is 1.28. The Morgan fingerprint density at radius 2 is 2.19 bits per heavy atom. The van der Waals surface area contributed by atoms with Crippen molar-refractivity contribution in [1.29, 1.82) is 0 Å². The second-order valence-electron chi connectivity index (χ2n) is 3.57. The average Bonchev–Trinajstić information content (AvgIpc) is 2.78. The number of hydrogen-bond donors (Lipinski definition) is 1. The van der Waals surface area contributed by atoms with Crippen LogP contribution < -0.4 is 5.73 Å². The van der Waals surface area contributed by atoms with E-state index in [9.17, 15) is 4.39 Å². The van der Waals surface area contributed by atoms with Gasteiger partial charge < -0.3 is 10.3 Å². The monoisotopic (exact) mass is 221 g/mol. The maximum absolute atomic E-state index is 13.4. The third-order valence-electron chi connectivity index (χ3n) is 2.34. The van der Waals surface area contributed by atoms with Gasteiger partial charge in [-0.05, 0) is 12.1 Å². The Kier molecular flexibility index (Phi) is 2.96. The predicted octanol–water partition coefficient (Wildman–Crippen LogP) is 1.94. The summed E-state index contributed by atoms with van der Waals surface area (Å²) in [5.41, 5.74) is 5.80. The van der Waals surface area contributed by atoms with Crippen LogP contribution in [0, 0.1) is 5.82 Å². The summed E-state index contributed by atoms with van der Waals surface area (Å²) < 4.78 is 18.4. The fraction of sp³-hybridized carbons (Fsp3) is 0.273. The molecule has 1 aromatic heterocycles. The van der Waals surface area contributed by atoms with E-state index in [4.69, 9.17) is 10.3 Å². The van der Waals surface area contributed by atoms with Crippen LogP contribution in [0.4, 0.5) is 4.39 Å². The summed E-state index contributed by atoms with van der Waals surface area (Å²) in [5, 5.41) is 3.77. The maximum atomic E-state index is 13.4. The number of rotatable bonds is 3. The van der Waals surface area contributed by atoms with E-state index in [1.165, 1.54) is 6.07 Å². The van der Waals surface area contributed by atoms with Crippen LogP contribution in [-0.4, -0.2) is 16.7 Å². The van der Waals surface area contributed by atoms with Gasteiger partial charge in [0.15, 0.2) is 5.82 Å². The zero-order chi connectivity index (χ0) is 11.5. The number of aromatic nitrogens is 2. The number of halogens is 1. The Bertz CT molecular complexity index is 484. The zero-order valence-corrected chi connectivity index (χ0v) is 8.85. The highest BCUT2D eigenvalue weighted by molar-refractivity contribution is 5.53. The van der Waals surface area contributed by atoms with Crippen molar-refractivity contribution in [3.63, 3.8) is 0 Å². The van der Waals surface area contributed by atoms with E-state index in [1.807, 2.05) is 6.92 Å². The van der Waals surface area contributed by atoms with Crippen molar-refractivity contribution < 1.29 is 8.91 Å². The summed E-state index contributed by atoms with van der Waals surface area (Å²) in [6.45, 7) is 2.31. The van der Waals surface area contributed by atoms with E-state index in [0.29, 0.717) is 17.9 Å². The Hall–Kier alpha value is -1.75. The predicted molar refractivity (Wildman–Crippen MR) is 57.2 cm³/mol. The molecule has 16 heavy (non-hydrogen) atoms. The van der Waals surface area contributed by atoms with Crippen molar-refractivity contribution in [3.8, 4) is 11.5 Å². The SMILES string of the molecule is CC(CN)c1noc(-c2ccccc2F)n1. The lowest BCUT2D eigenvalue weighted by Crippen LogP contribution is -2.10. The molecule has 0 radical (unpaired) electrons.